The average molecular weight is 238 g/mol. The molecule has 0 fully saturated rings. The van der Waals surface area contributed by atoms with Crippen LogP contribution < -0.4 is 0 Å². The minimum absolute atomic E-state index is 0.0636. The summed E-state index contributed by atoms with van der Waals surface area (Å²) >= 11 is 0. The second kappa shape index (κ2) is 6.83. The molecular formula is C15H26O2. The number of aldehydes is 1. The second-order valence-electron chi connectivity index (χ2n) is 5.66. The number of hydrogen-bond acceptors (Lipinski definition) is 2. The fraction of sp³-hybridized carbons (Fsp3) is 0.800. The third kappa shape index (κ3) is 4.53. The third-order valence-corrected chi connectivity index (χ3v) is 3.57. The maximum atomic E-state index is 10.8. The Labute approximate surface area is 105 Å². The van der Waals surface area contributed by atoms with Crippen molar-refractivity contribution >= 4 is 6.29 Å². The Balaban J connectivity index is 2.42. The van der Waals surface area contributed by atoms with Gasteiger partial charge in [0.05, 0.1) is 12.4 Å². The van der Waals surface area contributed by atoms with Gasteiger partial charge in [-0.15, -0.1) is 0 Å². The van der Waals surface area contributed by atoms with Gasteiger partial charge in [-0.2, -0.15) is 0 Å². The zero-order valence-electron chi connectivity index (χ0n) is 11.5. The second-order valence-corrected chi connectivity index (χ2v) is 5.66. The van der Waals surface area contributed by atoms with Crippen molar-refractivity contribution in [2.24, 2.45) is 11.3 Å². The van der Waals surface area contributed by atoms with Crippen molar-refractivity contribution < 1.29 is 9.53 Å². The minimum atomic E-state index is 0.0636. The molecule has 0 aromatic rings. The third-order valence-electron chi connectivity index (χ3n) is 3.57. The first-order valence-electron chi connectivity index (χ1n) is 6.90. The summed E-state index contributed by atoms with van der Waals surface area (Å²) in [5.74, 6) is 1.09. The maximum absolute atomic E-state index is 10.8. The molecule has 2 heteroatoms. The monoisotopic (exact) mass is 238 g/mol. The number of carbonyl (C=O) groups excluding carboxylic acids is 1. The topological polar surface area (TPSA) is 26.3 Å². The first-order chi connectivity index (χ1) is 8.10. The van der Waals surface area contributed by atoms with Crippen LogP contribution in [-0.2, 0) is 9.53 Å². The van der Waals surface area contributed by atoms with Crippen molar-refractivity contribution in [3.05, 3.63) is 11.8 Å². The molecule has 1 aliphatic carbocycles. The molecule has 0 saturated heterocycles. The first kappa shape index (κ1) is 14.3. The summed E-state index contributed by atoms with van der Waals surface area (Å²) in [4.78, 5) is 10.8. The summed E-state index contributed by atoms with van der Waals surface area (Å²) in [5, 5.41) is 0. The minimum Gasteiger partial charge on any atom is -0.498 e. The largest absolute Gasteiger partial charge is 0.498 e. The number of ether oxygens (including phenoxy) is 1. The predicted molar refractivity (Wildman–Crippen MR) is 70.7 cm³/mol. The van der Waals surface area contributed by atoms with Gasteiger partial charge in [-0.3, -0.25) is 0 Å². The Morgan fingerprint density at radius 2 is 2.18 bits per heavy atom. The van der Waals surface area contributed by atoms with E-state index < -0.39 is 0 Å². The molecule has 0 spiro atoms. The molecule has 0 saturated carbocycles. The standard InChI is InChI=1S/C15H26O2/c1-4-5-6-7-10-17-14-11-13(12-16)8-9-15(14,2)3/h11-13H,4-10H2,1-3H3. The summed E-state index contributed by atoms with van der Waals surface area (Å²) in [6.45, 7) is 7.40. The smallest absolute Gasteiger partial charge is 0.126 e. The van der Waals surface area contributed by atoms with Gasteiger partial charge in [0.25, 0.3) is 0 Å². The van der Waals surface area contributed by atoms with Gasteiger partial charge in [0.15, 0.2) is 0 Å². The highest BCUT2D eigenvalue weighted by Gasteiger charge is 2.30. The van der Waals surface area contributed by atoms with Crippen molar-refractivity contribution in [2.75, 3.05) is 6.61 Å². The van der Waals surface area contributed by atoms with E-state index in [-0.39, 0.29) is 11.3 Å². The molecule has 1 aliphatic rings. The van der Waals surface area contributed by atoms with E-state index in [9.17, 15) is 4.79 Å². The predicted octanol–water partition coefficient (Wildman–Crippen LogP) is 4.10. The van der Waals surface area contributed by atoms with Crippen LogP contribution in [0.3, 0.4) is 0 Å². The Morgan fingerprint density at radius 3 is 2.82 bits per heavy atom. The zero-order valence-corrected chi connectivity index (χ0v) is 11.5. The molecule has 0 radical (unpaired) electrons. The molecule has 0 N–H and O–H groups in total. The highest BCUT2D eigenvalue weighted by Crippen LogP contribution is 2.38. The van der Waals surface area contributed by atoms with Gasteiger partial charge >= 0.3 is 0 Å². The van der Waals surface area contributed by atoms with Crippen LogP contribution in [0.1, 0.15) is 59.3 Å². The molecule has 0 aromatic heterocycles. The summed E-state index contributed by atoms with van der Waals surface area (Å²) in [6.07, 6.45) is 9.95. The van der Waals surface area contributed by atoms with Crippen LogP contribution in [0.5, 0.6) is 0 Å². The Hall–Kier alpha value is -0.790. The number of unbranched alkanes of at least 4 members (excludes halogenated alkanes) is 3. The number of hydrogen-bond donors (Lipinski definition) is 0. The summed E-state index contributed by atoms with van der Waals surface area (Å²) in [5.41, 5.74) is 0.101. The van der Waals surface area contributed by atoms with Crippen molar-refractivity contribution in [2.45, 2.75) is 59.3 Å². The molecule has 1 atom stereocenters. The van der Waals surface area contributed by atoms with Crippen LogP contribution in [0.4, 0.5) is 0 Å². The Bertz CT molecular complexity index is 266. The molecule has 0 aromatic carbocycles. The van der Waals surface area contributed by atoms with Crippen molar-refractivity contribution in [1.29, 1.82) is 0 Å². The first-order valence-corrected chi connectivity index (χ1v) is 6.90. The highest BCUT2D eigenvalue weighted by atomic mass is 16.5. The van der Waals surface area contributed by atoms with Gasteiger partial charge in [-0.1, -0.05) is 40.0 Å². The lowest BCUT2D eigenvalue weighted by molar-refractivity contribution is -0.110. The zero-order chi connectivity index (χ0) is 12.7. The van der Waals surface area contributed by atoms with E-state index in [1.165, 1.54) is 19.3 Å². The highest BCUT2D eigenvalue weighted by molar-refractivity contribution is 5.57. The molecule has 0 aliphatic heterocycles. The van der Waals surface area contributed by atoms with E-state index in [1.807, 2.05) is 6.08 Å². The lowest BCUT2D eigenvalue weighted by atomic mass is 9.77. The molecule has 2 nitrogen and oxygen atoms in total. The van der Waals surface area contributed by atoms with Crippen LogP contribution in [0.25, 0.3) is 0 Å². The van der Waals surface area contributed by atoms with E-state index in [2.05, 4.69) is 20.8 Å². The normalized spacial score (nSPS) is 23.0. The van der Waals surface area contributed by atoms with Gasteiger partial charge in [-0.05, 0) is 25.3 Å². The molecule has 1 rings (SSSR count). The number of allylic oxidation sites excluding steroid dienone is 2. The molecule has 17 heavy (non-hydrogen) atoms. The van der Waals surface area contributed by atoms with Gasteiger partial charge in [0.1, 0.15) is 6.29 Å². The van der Waals surface area contributed by atoms with E-state index >= 15 is 0 Å². The van der Waals surface area contributed by atoms with Crippen LogP contribution in [0.2, 0.25) is 0 Å². The van der Waals surface area contributed by atoms with Crippen molar-refractivity contribution in [3.8, 4) is 0 Å². The van der Waals surface area contributed by atoms with E-state index in [0.717, 1.165) is 37.9 Å². The van der Waals surface area contributed by atoms with E-state index in [1.54, 1.807) is 0 Å². The van der Waals surface area contributed by atoms with Gasteiger partial charge in [-0.25, -0.2) is 0 Å². The van der Waals surface area contributed by atoms with Gasteiger partial charge in [0, 0.05) is 11.3 Å². The van der Waals surface area contributed by atoms with Crippen LogP contribution in [0.15, 0.2) is 11.8 Å². The van der Waals surface area contributed by atoms with E-state index in [4.69, 9.17) is 4.74 Å². The molecule has 98 valence electrons. The van der Waals surface area contributed by atoms with Crippen LogP contribution >= 0.6 is 0 Å². The SMILES string of the molecule is CCCCCCOC1=CC(C=O)CCC1(C)C. The molecular weight excluding hydrogens is 212 g/mol. The number of rotatable bonds is 7. The Morgan fingerprint density at radius 1 is 1.41 bits per heavy atom. The molecule has 0 bridgehead atoms. The lowest BCUT2D eigenvalue weighted by Crippen LogP contribution is -2.24. The fourth-order valence-electron chi connectivity index (χ4n) is 2.22. The summed E-state index contributed by atoms with van der Waals surface area (Å²) in [7, 11) is 0. The summed E-state index contributed by atoms with van der Waals surface area (Å²) in [6, 6.07) is 0. The van der Waals surface area contributed by atoms with Crippen molar-refractivity contribution in [3.63, 3.8) is 0 Å². The maximum Gasteiger partial charge on any atom is 0.126 e. The summed E-state index contributed by atoms with van der Waals surface area (Å²) < 4.78 is 5.88. The van der Waals surface area contributed by atoms with E-state index in [0.29, 0.717) is 0 Å². The van der Waals surface area contributed by atoms with Crippen molar-refractivity contribution in [1.82, 2.24) is 0 Å². The molecule has 1 unspecified atom stereocenters. The van der Waals surface area contributed by atoms with Gasteiger partial charge in [0.2, 0.25) is 0 Å². The Kier molecular flexibility index (Phi) is 5.73. The fourth-order valence-corrected chi connectivity index (χ4v) is 2.22. The van der Waals surface area contributed by atoms with Crippen LogP contribution in [-0.4, -0.2) is 12.9 Å². The quantitative estimate of drug-likeness (QED) is 0.493. The number of carbonyl (C=O) groups is 1. The lowest BCUT2D eigenvalue weighted by Gasteiger charge is -2.33. The molecule has 0 amide bonds. The average Bonchev–Trinajstić information content (AvgIpc) is 2.30. The van der Waals surface area contributed by atoms with Crippen LogP contribution in [0, 0.1) is 11.3 Å². The molecule has 0 heterocycles. The van der Waals surface area contributed by atoms with Gasteiger partial charge < -0.3 is 9.53 Å².